The Hall–Kier alpha value is -0.970. The van der Waals surface area contributed by atoms with Gasteiger partial charge in [-0.05, 0) is 63.4 Å². The predicted molar refractivity (Wildman–Crippen MR) is 89.8 cm³/mol. The number of hydrogen-bond acceptors (Lipinski definition) is 3. The van der Waals surface area contributed by atoms with Gasteiger partial charge in [0, 0.05) is 16.6 Å². The van der Waals surface area contributed by atoms with Crippen LogP contribution in [0.15, 0.2) is 18.2 Å². The molecule has 2 N–H and O–H groups in total. The van der Waals surface area contributed by atoms with E-state index in [9.17, 15) is 4.79 Å². The third-order valence-electron chi connectivity index (χ3n) is 3.77. The summed E-state index contributed by atoms with van der Waals surface area (Å²) in [5, 5.41) is 7.27. The predicted octanol–water partition coefficient (Wildman–Crippen LogP) is 3.27. The Morgan fingerprint density at radius 3 is 2.77 bits per heavy atom. The van der Waals surface area contributed by atoms with E-state index in [1.807, 2.05) is 0 Å². The van der Waals surface area contributed by atoms with E-state index < -0.39 is 6.10 Å². The molecule has 0 aromatic heterocycles. The van der Waals surface area contributed by atoms with Crippen LogP contribution in [0.4, 0.5) is 0 Å². The Bertz CT molecular complexity index is 485. The Morgan fingerprint density at radius 2 is 2.14 bits per heavy atom. The van der Waals surface area contributed by atoms with Crippen LogP contribution in [0.25, 0.3) is 0 Å². The number of amides is 1. The summed E-state index contributed by atoms with van der Waals surface area (Å²) in [6.07, 6.45) is 2.86. The van der Waals surface area contributed by atoms with Crippen molar-refractivity contribution in [2.45, 2.75) is 32.3 Å². The lowest BCUT2D eigenvalue weighted by Gasteiger charge is -2.23. The van der Waals surface area contributed by atoms with E-state index in [0.717, 1.165) is 19.5 Å². The minimum absolute atomic E-state index is 0.125. The van der Waals surface area contributed by atoms with Crippen LogP contribution in [0.2, 0.25) is 10.0 Å². The standard InChI is InChI=1S/C16H22Cl2N2O2/c1-11(22-15-8-13(17)7-14(18)9-15)16(21)20-6-4-12-3-2-5-19-10-12/h7-9,11-12,19H,2-6,10H2,1H3,(H,20,21). The lowest BCUT2D eigenvalue weighted by Crippen LogP contribution is -2.38. The van der Waals surface area contributed by atoms with Gasteiger partial charge in [-0.1, -0.05) is 23.2 Å². The molecule has 2 atom stereocenters. The average Bonchev–Trinajstić information content (AvgIpc) is 2.47. The van der Waals surface area contributed by atoms with E-state index in [0.29, 0.717) is 28.3 Å². The minimum Gasteiger partial charge on any atom is -0.481 e. The molecule has 1 aliphatic heterocycles. The molecule has 1 aromatic carbocycles. The summed E-state index contributed by atoms with van der Waals surface area (Å²) in [5.74, 6) is 1.02. The Balaban J connectivity index is 1.74. The molecule has 0 aliphatic carbocycles. The zero-order valence-electron chi connectivity index (χ0n) is 12.7. The van der Waals surface area contributed by atoms with Gasteiger partial charge in [0.25, 0.3) is 5.91 Å². The van der Waals surface area contributed by atoms with Crippen molar-refractivity contribution in [3.05, 3.63) is 28.2 Å². The molecular weight excluding hydrogens is 323 g/mol. The third-order valence-corrected chi connectivity index (χ3v) is 4.21. The number of halogens is 2. The lowest BCUT2D eigenvalue weighted by molar-refractivity contribution is -0.127. The molecule has 1 heterocycles. The van der Waals surface area contributed by atoms with Gasteiger partial charge in [-0.3, -0.25) is 4.79 Å². The zero-order valence-corrected chi connectivity index (χ0v) is 14.2. The van der Waals surface area contributed by atoms with Gasteiger partial charge in [-0.15, -0.1) is 0 Å². The molecule has 0 spiro atoms. The second-order valence-corrected chi connectivity index (χ2v) is 6.53. The second-order valence-electron chi connectivity index (χ2n) is 5.66. The van der Waals surface area contributed by atoms with E-state index in [-0.39, 0.29) is 5.91 Å². The first-order valence-corrected chi connectivity index (χ1v) is 8.41. The third kappa shape index (κ3) is 5.67. The van der Waals surface area contributed by atoms with Crippen LogP contribution in [0, 0.1) is 5.92 Å². The molecule has 2 rings (SSSR count). The van der Waals surface area contributed by atoms with Crippen molar-refractivity contribution in [2.75, 3.05) is 19.6 Å². The molecule has 22 heavy (non-hydrogen) atoms. The maximum atomic E-state index is 12.0. The van der Waals surface area contributed by atoms with Crippen LogP contribution in [0.5, 0.6) is 5.75 Å². The van der Waals surface area contributed by atoms with Gasteiger partial charge < -0.3 is 15.4 Å². The SMILES string of the molecule is CC(Oc1cc(Cl)cc(Cl)c1)C(=O)NCCC1CCCNC1. The number of carbonyl (C=O) groups excluding carboxylic acids is 1. The highest BCUT2D eigenvalue weighted by Crippen LogP contribution is 2.24. The van der Waals surface area contributed by atoms with Crippen LogP contribution in [-0.2, 0) is 4.79 Å². The maximum Gasteiger partial charge on any atom is 0.260 e. The molecule has 1 amide bonds. The van der Waals surface area contributed by atoms with Crippen LogP contribution in [-0.4, -0.2) is 31.6 Å². The van der Waals surface area contributed by atoms with Gasteiger partial charge in [0.1, 0.15) is 5.75 Å². The largest absolute Gasteiger partial charge is 0.481 e. The summed E-state index contributed by atoms with van der Waals surface area (Å²) in [6.45, 7) is 4.54. The number of piperidine rings is 1. The Labute approximate surface area is 141 Å². The monoisotopic (exact) mass is 344 g/mol. The van der Waals surface area contributed by atoms with E-state index in [2.05, 4.69) is 10.6 Å². The van der Waals surface area contributed by atoms with Gasteiger partial charge in [-0.2, -0.15) is 0 Å². The van der Waals surface area contributed by atoms with Crippen molar-refractivity contribution >= 4 is 29.1 Å². The Kier molecular flexibility index (Phi) is 6.80. The molecule has 1 fully saturated rings. The van der Waals surface area contributed by atoms with Gasteiger partial charge in [0.15, 0.2) is 6.10 Å². The van der Waals surface area contributed by atoms with Crippen LogP contribution >= 0.6 is 23.2 Å². The smallest absolute Gasteiger partial charge is 0.260 e. The molecule has 0 radical (unpaired) electrons. The molecule has 2 unspecified atom stereocenters. The molecule has 1 aliphatic rings. The summed E-state index contributed by atoms with van der Waals surface area (Å²) >= 11 is 11.8. The fourth-order valence-electron chi connectivity index (χ4n) is 2.57. The van der Waals surface area contributed by atoms with Gasteiger partial charge in [-0.25, -0.2) is 0 Å². The van der Waals surface area contributed by atoms with Crippen molar-refractivity contribution in [3.63, 3.8) is 0 Å². The van der Waals surface area contributed by atoms with E-state index in [1.54, 1.807) is 25.1 Å². The first kappa shape index (κ1) is 17.4. The molecule has 1 saturated heterocycles. The lowest BCUT2D eigenvalue weighted by atomic mass is 9.96. The molecule has 4 nitrogen and oxygen atoms in total. The quantitative estimate of drug-likeness (QED) is 0.832. The molecule has 1 aromatic rings. The van der Waals surface area contributed by atoms with Crippen LogP contribution in [0.1, 0.15) is 26.2 Å². The van der Waals surface area contributed by atoms with Gasteiger partial charge in [0.2, 0.25) is 0 Å². The van der Waals surface area contributed by atoms with Crippen molar-refractivity contribution < 1.29 is 9.53 Å². The van der Waals surface area contributed by atoms with Gasteiger partial charge >= 0.3 is 0 Å². The number of nitrogens with one attached hydrogen (secondary N) is 2. The van der Waals surface area contributed by atoms with Crippen molar-refractivity contribution in [1.82, 2.24) is 10.6 Å². The van der Waals surface area contributed by atoms with Crippen LogP contribution < -0.4 is 15.4 Å². The highest BCUT2D eigenvalue weighted by atomic mass is 35.5. The van der Waals surface area contributed by atoms with Gasteiger partial charge in [0.05, 0.1) is 0 Å². The maximum absolute atomic E-state index is 12.0. The molecular formula is C16H22Cl2N2O2. The molecule has 122 valence electrons. The summed E-state index contributed by atoms with van der Waals surface area (Å²) in [7, 11) is 0. The number of rotatable bonds is 6. The van der Waals surface area contributed by atoms with Crippen molar-refractivity contribution in [2.24, 2.45) is 5.92 Å². The molecule has 6 heteroatoms. The number of benzene rings is 1. The summed E-state index contributed by atoms with van der Waals surface area (Å²) in [4.78, 5) is 12.0. The number of hydrogen-bond donors (Lipinski definition) is 2. The number of ether oxygens (including phenoxy) is 1. The summed E-state index contributed by atoms with van der Waals surface area (Å²) in [5.41, 5.74) is 0. The Morgan fingerprint density at radius 1 is 1.41 bits per heavy atom. The average molecular weight is 345 g/mol. The topological polar surface area (TPSA) is 50.4 Å². The fourth-order valence-corrected chi connectivity index (χ4v) is 3.07. The van der Waals surface area contributed by atoms with E-state index >= 15 is 0 Å². The van der Waals surface area contributed by atoms with E-state index in [1.165, 1.54) is 12.8 Å². The minimum atomic E-state index is -0.584. The first-order chi connectivity index (χ1) is 10.5. The normalized spacial score (nSPS) is 19.5. The van der Waals surface area contributed by atoms with Crippen LogP contribution in [0.3, 0.4) is 0 Å². The second kappa shape index (κ2) is 8.61. The zero-order chi connectivity index (χ0) is 15.9. The van der Waals surface area contributed by atoms with Crippen molar-refractivity contribution in [1.29, 1.82) is 0 Å². The summed E-state index contributed by atoms with van der Waals surface area (Å²) in [6, 6.07) is 4.91. The fraction of sp³-hybridized carbons (Fsp3) is 0.562. The summed E-state index contributed by atoms with van der Waals surface area (Å²) < 4.78 is 5.59. The molecule has 0 bridgehead atoms. The first-order valence-electron chi connectivity index (χ1n) is 7.66. The van der Waals surface area contributed by atoms with E-state index in [4.69, 9.17) is 27.9 Å². The highest BCUT2D eigenvalue weighted by Gasteiger charge is 2.17. The van der Waals surface area contributed by atoms with Crippen molar-refractivity contribution in [3.8, 4) is 5.75 Å². The number of carbonyl (C=O) groups is 1. The highest BCUT2D eigenvalue weighted by molar-refractivity contribution is 6.34. The molecule has 0 saturated carbocycles.